The Labute approximate surface area is 124 Å². The van der Waals surface area contributed by atoms with Crippen LogP contribution in [-0.4, -0.2) is 26.2 Å². The summed E-state index contributed by atoms with van der Waals surface area (Å²) in [6.07, 6.45) is 2.55. The number of hydrogen-bond acceptors (Lipinski definition) is 2. The molecule has 1 aromatic rings. The van der Waals surface area contributed by atoms with Gasteiger partial charge in [0.2, 0.25) is 0 Å². The van der Waals surface area contributed by atoms with Crippen LogP contribution in [0.3, 0.4) is 0 Å². The second kappa shape index (κ2) is 5.53. The molecule has 106 valence electrons. The van der Waals surface area contributed by atoms with Gasteiger partial charge in [-0.3, -0.25) is 4.79 Å². The van der Waals surface area contributed by atoms with E-state index >= 15 is 0 Å². The Morgan fingerprint density at radius 2 is 2.26 bits per heavy atom. The Morgan fingerprint density at radius 3 is 2.79 bits per heavy atom. The molecule has 0 amide bonds. The fraction of sp³-hybridized carbons (Fsp3) is 0.667. The van der Waals surface area contributed by atoms with Gasteiger partial charge in [-0.25, -0.2) is 0 Å². The number of ketones is 1. The van der Waals surface area contributed by atoms with E-state index in [0.29, 0.717) is 4.75 Å². The number of aryl methyl sites for hydroxylation is 1. The van der Waals surface area contributed by atoms with Gasteiger partial charge in [0.05, 0.1) is 5.38 Å². The predicted molar refractivity (Wildman–Crippen MR) is 83.6 cm³/mol. The molecule has 2 rings (SSSR count). The van der Waals surface area contributed by atoms with Crippen molar-refractivity contribution < 1.29 is 4.79 Å². The lowest BCUT2D eigenvalue weighted by Gasteiger charge is -2.25. The van der Waals surface area contributed by atoms with Crippen LogP contribution < -0.4 is 0 Å². The average molecular weight is 300 g/mol. The van der Waals surface area contributed by atoms with Crippen LogP contribution in [0.1, 0.15) is 48.4 Å². The largest absolute Gasteiger partial charge is 0.347 e. The molecule has 0 aromatic carbocycles. The quantitative estimate of drug-likeness (QED) is 0.614. The summed E-state index contributed by atoms with van der Waals surface area (Å²) in [5.41, 5.74) is 3.00. The van der Waals surface area contributed by atoms with E-state index in [0.717, 1.165) is 23.5 Å². The fourth-order valence-electron chi connectivity index (χ4n) is 2.80. The molecular formula is C15H22ClNOS. The van der Waals surface area contributed by atoms with Crippen LogP contribution >= 0.6 is 23.4 Å². The van der Waals surface area contributed by atoms with E-state index < -0.39 is 5.38 Å². The molecule has 1 saturated heterocycles. The Kier molecular flexibility index (Phi) is 4.36. The summed E-state index contributed by atoms with van der Waals surface area (Å²) in [4.78, 5) is 12.1. The molecule has 19 heavy (non-hydrogen) atoms. The van der Waals surface area contributed by atoms with E-state index in [1.807, 2.05) is 24.8 Å². The van der Waals surface area contributed by atoms with Crippen molar-refractivity contribution in [3.8, 4) is 0 Å². The second-order valence-corrected chi connectivity index (χ2v) is 8.09. The van der Waals surface area contributed by atoms with E-state index in [9.17, 15) is 4.79 Å². The Hall–Kier alpha value is -0.410. The first kappa shape index (κ1) is 15.0. The Morgan fingerprint density at radius 1 is 1.58 bits per heavy atom. The van der Waals surface area contributed by atoms with Crippen molar-refractivity contribution in [2.24, 2.45) is 0 Å². The van der Waals surface area contributed by atoms with Crippen molar-refractivity contribution >= 4 is 29.1 Å². The molecule has 1 fully saturated rings. The molecule has 1 aliphatic rings. The lowest BCUT2D eigenvalue weighted by atomic mass is 10.1. The second-order valence-electron chi connectivity index (χ2n) is 5.75. The Bertz CT molecular complexity index is 487. The molecule has 2 atom stereocenters. The number of Topliss-reactive ketones (excluding diaryl/α,β-unsaturated/α-hetero) is 1. The van der Waals surface area contributed by atoms with E-state index in [1.54, 1.807) is 6.92 Å². The SMILES string of the molecule is Cc1cc(C(=O)C(C)Cl)c(C)n1CC1(C)CCCS1. The first-order valence-corrected chi connectivity index (χ1v) is 8.25. The maximum atomic E-state index is 12.1. The van der Waals surface area contributed by atoms with Crippen LogP contribution in [-0.2, 0) is 6.54 Å². The molecule has 0 saturated carbocycles. The third kappa shape index (κ3) is 3.03. The van der Waals surface area contributed by atoms with Gasteiger partial charge in [0, 0.05) is 28.2 Å². The van der Waals surface area contributed by atoms with Gasteiger partial charge in [-0.2, -0.15) is 11.8 Å². The molecule has 0 radical (unpaired) electrons. The number of carbonyl (C=O) groups is 1. The van der Waals surface area contributed by atoms with Gasteiger partial charge in [0.25, 0.3) is 0 Å². The minimum Gasteiger partial charge on any atom is -0.347 e. The van der Waals surface area contributed by atoms with E-state index in [4.69, 9.17) is 11.6 Å². The van der Waals surface area contributed by atoms with Gasteiger partial charge in [-0.05, 0) is 52.4 Å². The number of nitrogens with zero attached hydrogens (tertiary/aromatic N) is 1. The standard InChI is InChI=1S/C15H22ClNOS/c1-10-8-13(14(18)11(2)16)12(3)17(10)9-15(4)6-5-7-19-15/h8,11H,5-7,9H2,1-4H3. The molecule has 1 aromatic heterocycles. The van der Waals surface area contributed by atoms with Crippen LogP contribution in [0.2, 0.25) is 0 Å². The van der Waals surface area contributed by atoms with Crippen LogP contribution in [0.25, 0.3) is 0 Å². The van der Waals surface area contributed by atoms with Crippen LogP contribution in [0.5, 0.6) is 0 Å². The molecule has 2 nitrogen and oxygen atoms in total. The first-order valence-electron chi connectivity index (χ1n) is 6.83. The number of thioether (sulfide) groups is 1. The highest BCUT2D eigenvalue weighted by molar-refractivity contribution is 8.00. The average Bonchev–Trinajstić information content (AvgIpc) is 2.88. The summed E-state index contributed by atoms with van der Waals surface area (Å²) in [5, 5.41) is -0.453. The van der Waals surface area contributed by atoms with Gasteiger partial charge in [0.1, 0.15) is 0 Å². The molecular weight excluding hydrogens is 278 g/mol. The smallest absolute Gasteiger partial charge is 0.182 e. The summed E-state index contributed by atoms with van der Waals surface area (Å²) in [6, 6.07) is 1.99. The van der Waals surface area contributed by atoms with Crippen molar-refractivity contribution in [1.29, 1.82) is 0 Å². The normalized spacial score (nSPS) is 24.7. The molecule has 0 aliphatic carbocycles. The maximum absolute atomic E-state index is 12.1. The maximum Gasteiger partial charge on any atom is 0.182 e. The summed E-state index contributed by atoms with van der Waals surface area (Å²) >= 11 is 7.98. The minimum atomic E-state index is -0.453. The summed E-state index contributed by atoms with van der Waals surface area (Å²) in [6.45, 7) is 9.16. The highest BCUT2D eigenvalue weighted by Gasteiger charge is 2.31. The van der Waals surface area contributed by atoms with E-state index in [-0.39, 0.29) is 5.78 Å². The van der Waals surface area contributed by atoms with Crippen LogP contribution in [0.4, 0.5) is 0 Å². The number of rotatable bonds is 4. The van der Waals surface area contributed by atoms with Gasteiger partial charge >= 0.3 is 0 Å². The van der Waals surface area contributed by atoms with Gasteiger partial charge in [-0.15, -0.1) is 11.6 Å². The molecule has 0 spiro atoms. The number of aromatic nitrogens is 1. The molecule has 0 N–H and O–H groups in total. The molecule has 4 heteroatoms. The predicted octanol–water partition coefficient (Wildman–Crippen LogP) is 4.20. The highest BCUT2D eigenvalue weighted by atomic mass is 35.5. The first-order chi connectivity index (χ1) is 8.84. The monoisotopic (exact) mass is 299 g/mol. The van der Waals surface area contributed by atoms with Gasteiger partial charge in [-0.1, -0.05) is 0 Å². The number of alkyl halides is 1. The number of halogens is 1. The zero-order valence-electron chi connectivity index (χ0n) is 12.1. The zero-order chi connectivity index (χ0) is 14.2. The summed E-state index contributed by atoms with van der Waals surface area (Å²) in [5.74, 6) is 1.28. The lowest BCUT2D eigenvalue weighted by Crippen LogP contribution is -2.25. The van der Waals surface area contributed by atoms with Crippen molar-refractivity contribution in [1.82, 2.24) is 4.57 Å². The van der Waals surface area contributed by atoms with Crippen LogP contribution in [0.15, 0.2) is 6.07 Å². The highest BCUT2D eigenvalue weighted by Crippen LogP contribution is 2.39. The van der Waals surface area contributed by atoms with Crippen molar-refractivity contribution in [3.63, 3.8) is 0 Å². The summed E-state index contributed by atoms with van der Waals surface area (Å²) < 4.78 is 2.59. The third-order valence-electron chi connectivity index (χ3n) is 3.99. The molecule has 0 bridgehead atoms. The van der Waals surface area contributed by atoms with Crippen molar-refractivity contribution in [2.75, 3.05) is 5.75 Å². The Balaban J connectivity index is 2.29. The minimum absolute atomic E-state index is 0.0326. The molecule has 2 unspecified atom stereocenters. The fourth-order valence-corrected chi connectivity index (χ4v) is 4.21. The van der Waals surface area contributed by atoms with E-state index in [2.05, 4.69) is 18.4 Å². The zero-order valence-corrected chi connectivity index (χ0v) is 13.7. The lowest BCUT2D eigenvalue weighted by molar-refractivity contribution is 0.0991. The van der Waals surface area contributed by atoms with E-state index in [1.165, 1.54) is 18.6 Å². The molecule has 2 heterocycles. The van der Waals surface area contributed by atoms with Crippen molar-refractivity contribution in [3.05, 3.63) is 23.0 Å². The van der Waals surface area contributed by atoms with Gasteiger partial charge in [0.15, 0.2) is 5.78 Å². The number of hydrogen-bond donors (Lipinski definition) is 0. The number of carbonyl (C=O) groups excluding carboxylic acids is 1. The van der Waals surface area contributed by atoms with Gasteiger partial charge < -0.3 is 4.57 Å². The third-order valence-corrected chi connectivity index (χ3v) is 5.71. The van der Waals surface area contributed by atoms with Crippen LogP contribution in [0, 0.1) is 13.8 Å². The molecule has 1 aliphatic heterocycles. The summed E-state index contributed by atoms with van der Waals surface area (Å²) in [7, 11) is 0. The van der Waals surface area contributed by atoms with Crippen molar-refractivity contribution in [2.45, 2.75) is 57.2 Å². The topological polar surface area (TPSA) is 22.0 Å².